The average molecular weight is 358 g/mol. The lowest BCUT2D eigenvalue weighted by molar-refractivity contribution is -0.385. The van der Waals surface area contributed by atoms with E-state index >= 15 is 0 Å². The second-order valence-corrected chi connectivity index (χ2v) is 5.58. The first-order valence-corrected chi connectivity index (χ1v) is 7.27. The number of hydrogen-bond acceptors (Lipinski definition) is 6. The van der Waals surface area contributed by atoms with Gasteiger partial charge in [-0.25, -0.2) is 9.59 Å². The molecule has 0 aliphatic carbocycles. The number of urea groups is 1. The molecule has 1 rings (SSSR count). The molecule has 0 bridgehead atoms. The Balaban J connectivity index is 2.60. The number of nitro benzene ring substituents is 1. The van der Waals surface area contributed by atoms with Gasteiger partial charge in [0.1, 0.15) is 5.56 Å². The number of nitrogens with zero attached hydrogens (tertiary/aromatic N) is 1. The van der Waals surface area contributed by atoms with Crippen molar-refractivity contribution >= 4 is 35.2 Å². The van der Waals surface area contributed by atoms with Gasteiger partial charge in [0.25, 0.3) is 11.6 Å². The van der Waals surface area contributed by atoms with Crippen LogP contribution in [0.25, 0.3) is 0 Å². The van der Waals surface area contributed by atoms with E-state index in [1.165, 1.54) is 6.07 Å². The molecule has 0 fully saturated rings. The number of halogens is 1. The van der Waals surface area contributed by atoms with E-state index in [1.807, 2.05) is 19.2 Å². The average Bonchev–Trinajstić information content (AvgIpc) is 2.50. The predicted molar refractivity (Wildman–Crippen MR) is 84.8 cm³/mol. The second-order valence-electron chi connectivity index (χ2n) is 5.15. The molecule has 1 aromatic carbocycles. The number of hydrogen-bond donors (Lipinski definition) is 2. The lowest BCUT2D eigenvalue weighted by Crippen LogP contribution is -2.42. The van der Waals surface area contributed by atoms with Crippen LogP contribution >= 0.6 is 11.6 Å². The number of esters is 1. The van der Waals surface area contributed by atoms with Gasteiger partial charge in [-0.3, -0.25) is 20.2 Å². The molecule has 0 heterocycles. The van der Waals surface area contributed by atoms with E-state index in [4.69, 9.17) is 11.6 Å². The van der Waals surface area contributed by atoms with Crippen molar-refractivity contribution < 1.29 is 24.0 Å². The molecule has 10 heteroatoms. The molecule has 0 saturated carbocycles. The van der Waals surface area contributed by atoms with Crippen LogP contribution in [-0.2, 0) is 9.53 Å². The molecular weight excluding hydrogens is 342 g/mol. The van der Waals surface area contributed by atoms with Gasteiger partial charge in [0.2, 0.25) is 0 Å². The fourth-order valence-corrected chi connectivity index (χ4v) is 1.72. The van der Waals surface area contributed by atoms with Gasteiger partial charge in [-0.15, -0.1) is 0 Å². The number of imide groups is 1. The van der Waals surface area contributed by atoms with E-state index in [0.717, 1.165) is 12.1 Å². The van der Waals surface area contributed by atoms with Crippen molar-refractivity contribution in [2.75, 3.05) is 13.2 Å². The summed E-state index contributed by atoms with van der Waals surface area (Å²) in [6.07, 6.45) is 0. The molecule has 0 aromatic heterocycles. The van der Waals surface area contributed by atoms with Gasteiger partial charge in [0.05, 0.1) is 4.92 Å². The quantitative estimate of drug-likeness (QED) is 0.454. The highest BCUT2D eigenvalue weighted by Crippen LogP contribution is 2.23. The van der Waals surface area contributed by atoms with Crippen LogP contribution in [0.15, 0.2) is 18.2 Å². The lowest BCUT2D eigenvalue weighted by Gasteiger charge is -2.09. The highest BCUT2D eigenvalue weighted by molar-refractivity contribution is 6.31. The number of benzene rings is 1. The minimum absolute atomic E-state index is 0.102. The topological polar surface area (TPSA) is 128 Å². The zero-order chi connectivity index (χ0) is 18.3. The van der Waals surface area contributed by atoms with Crippen LogP contribution in [0.1, 0.15) is 24.2 Å². The van der Waals surface area contributed by atoms with Crippen LogP contribution in [0.2, 0.25) is 5.02 Å². The summed E-state index contributed by atoms with van der Waals surface area (Å²) < 4.78 is 4.67. The molecule has 0 atom stereocenters. The number of amides is 3. The van der Waals surface area contributed by atoms with E-state index in [2.05, 4.69) is 10.1 Å². The minimum atomic E-state index is -1.10. The monoisotopic (exact) mass is 357 g/mol. The molecule has 130 valence electrons. The molecule has 1 aromatic rings. The largest absolute Gasteiger partial charge is 0.452 e. The van der Waals surface area contributed by atoms with E-state index in [0.29, 0.717) is 6.54 Å². The first-order valence-electron chi connectivity index (χ1n) is 6.89. The Morgan fingerprint density at radius 1 is 1.33 bits per heavy atom. The van der Waals surface area contributed by atoms with Crippen molar-refractivity contribution in [2.24, 2.45) is 5.92 Å². The third-order valence-electron chi connectivity index (χ3n) is 2.63. The summed E-state index contributed by atoms with van der Waals surface area (Å²) in [5.41, 5.74) is -0.885. The molecule has 0 aliphatic rings. The minimum Gasteiger partial charge on any atom is -0.452 e. The number of ether oxygens (including phenoxy) is 1. The van der Waals surface area contributed by atoms with Crippen LogP contribution in [0.4, 0.5) is 10.5 Å². The summed E-state index contributed by atoms with van der Waals surface area (Å²) in [4.78, 5) is 44.8. The molecule has 0 unspecified atom stereocenters. The molecule has 0 saturated heterocycles. The van der Waals surface area contributed by atoms with Crippen LogP contribution in [-0.4, -0.2) is 36.0 Å². The van der Waals surface area contributed by atoms with Gasteiger partial charge in [-0.2, -0.15) is 0 Å². The van der Waals surface area contributed by atoms with Gasteiger partial charge < -0.3 is 10.1 Å². The standard InChI is InChI=1S/C14H16ClN3O6/c1-8(2)6-16-14(21)17-12(19)7-24-13(20)10-5-9(15)3-4-11(10)18(22)23/h3-5,8H,6-7H2,1-2H3,(H2,16,17,19,21). The second kappa shape index (κ2) is 8.82. The number of nitrogens with one attached hydrogen (secondary N) is 2. The van der Waals surface area contributed by atoms with Crippen molar-refractivity contribution in [1.82, 2.24) is 10.6 Å². The van der Waals surface area contributed by atoms with E-state index in [1.54, 1.807) is 0 Å². The summed E-state index contributed by atoms with van der Waals surface area (Å²) in [5.74, 6) is -1.76. The molecule has 2 N–H and O–H groups in total. The number of carbonyl (C=O) groups is 3. The van der Waals surface area contributed by atoms with Crippen molar-refractivity contribution in [3.05, 3.63) is 38.9 Å². The Kier molecular flexibility index (Phi) is 7.12. The summed E-state index contributed by atoms with van der Waals surface area (Å²) in [7, 11) is 0. The van der Waals surface area contributed by atoms with Gasteiger partial charge in [-0.1, -0.05) is 25.4 Å². The zero-order valence-corrected chi connectivity index (χ0v) is 13.8. The van der Waals surface area contributed by atoms with Gasteiger partial charge in [0, 0.05) is 17.6 Å². The Hall–Kier alpha value is -2.68. The van der Waals surface area contributed by atoms with Gasteiger partial charge in [-0.05, 0) is 18.1 Å². The highest BCUT2D eigenvalue weighted by atomic mass is 35.5. The third-order valence-corrected chi connectivity index (χ3v) is 2.87. The smallest absolute Gasteiger partial charge is 0.345 e. The number of carbonyl (C=O) groups excluding carboxylic acids is 3. The summed E-state index contributed by atoms with van der Waals surface area (Å²) in [6.45, 7) is 3.36. The highest BCUT2D eigenvalue weighted by Gasteiger charge is 2.22. The predicted octanol–water partition coefficient (Wildman–Crippen LogP) is 1.89. The fourth-order valence-electron chi connectivity index (χ4n) is 1.54. The van der Waals surface area contributed by atoms with Crippen molar-refractivity contribution in [1.29, 1.82) is 0 Å². The van der Waals surface area contributed by atoms with Crippen LogP contribution < -0.4 is 10.6 Å². The van der Waals surface area contributed by atoms with E-state index < -0.39 is 35.1 Å². The lowest BCUT2D eigenvalue weighted by atomic mass is 10.2. The van der Waals surface area contributed by atoms with E-state index in [9.17, 15) is 24.5 Å². The SMILES string of the molecule is CC(C)CNC(=O)NC(=O)COC(=O)c1cc(Cl)ccc1[N+](=O)[O-]. The maximum Gasteiger partial charge on any atom is 0.345 e. The molecule has 9 nitrogen and oxygen atoms in total. The summed E-state index contributed by atoms with van der Waals surface area (Å²) >= 11 is 5.69. The summed E-state index contributed by atoms with van der Waals surface area (Å²) in [5, 5.41) is 15.4. The van der Waals surface area contributed by atoms with Crippen LogP contribution in [0.3, 0.4) is 0 Å². The Morgan fingerprint density at radius 2 is 2.00 bits per heavy atom. The molecule has 24 heavy (non-hydrogen) atoms. The van der Waals surface area contributed by atoms with Gasteiger partial charge in [0.15, 0.2) is 6.61 Å². The van der Waals surface area contributed by atoms with Crippen molar-refractivity contribution in [3.8, 4) is 0 Å². The van der Waals surface area contributed by atoms with Crippen LogP contribution in [0.5, 0.6) is 0 Å². The van der Waals surface area contributed by atoms with Crippen LogP contribution in [0, 0.1) is 16.0 Å². The molecular formula is C14H16ClN3O6. The van der Waals surface area contributed by atoms with Gasteiger partial charge >= 0.3 is 12.0 Å². The fraction of sp³-hybridized carbons (Fsp3) is 0.357. The molecule has 3 amide bonds. The number of rotatable bonds is 6. The first kappa shape index (κ1) is 19.4. The third kappa shape index (κ3) is 6.21. The summed E-state index contributed by atoms with van der Waals surface area (Å²) in [6, 6.07) is 2.65. The Morgan fingerprint density at radius 3 is 2.58 bits per heavy atom. The molecule has 0 spiro atoms. The Labute approximate surface area is 142 Å². The number of nitro groups is 1. The Bertz CT molecular complexity index is 662. The van der Waals surface area contributed by atoms with Crippen molar-refractivity contribution in [3.63, 3.8) is 0 Å². The zero-order valence-electron chi connectivity index (χ0n) is 13.0. The normalized spacial score (nSPS) is 10.2. The first-order chi connectivity index (χ1) is 11.2. The maximum atomic E-state index is 11.9. The maximum absolute atomic E-state index is 11.9. The van der Waals surface area contributed by atoms with E-state index in [-0.39, 0.29) is 16.5 Å². The molecule has 0 radical (unpaired) electrons. The molecule has 0 aliphatic heterocycles. The van der Waals surface area contributed by atoms with Crippen molar-refractivity contribution in [2.45, 2.75) is 13.8 Å².